The number of rotatable bonds is 4. The Morgan fingerprint density at radius 1 is 1.05 bits per heavy atom. The minimum Gasteiger partial charge on any atom is -0.461 e. The van der Waals surface area contributed by atoms with Crippen molar-refractivity contribution in [2.24, 2.45) is 29.1 Å². The molecule has 8 atom stereocenters. The van der Waals surface area contributed by atoms with E-state index in [2.05, 4.69) is 11.8 Å². The Balaban J connectivity index is 1.13. The summed E-state index contributed by atoms with van der Waals surface area (Å²) in [6.07, 6.45) is 15.8. The predicted octanol–water partition coefficient (Wildman–Crippen LogP) is 5.28. The van der Waals surface area contributed by atoms with Crippen LogP contribution in [0.3, 0.4) is 0 Å². The van der Waals surface area contributed by atoms with Gasteiger partial charge in [-0.2, -0.15) is 0 Å². The maximum atomic E-state index is 12.7. The fourth-order valence-electron chi connectivity index (χ4n) is 9.61. The molecule has 2 bridgehead atoms. The van der Waals surface area contributed by atoms with Gasteiger partial charge in [-0.3, -0.25) is 9.69 Å². The Morgan fingerprint density at radius 3 is 2.68 bits per heavy atom. The number of aliphatic hydroxyl groups is 1. The summed E-state index contributed by atoms with van der Waals surface area (Å²) in [5.74, 6) is 2.29. The van der Waals surface area contributed by atoms with Gasteiger partial charge in [0.2, 0.25) is 0 Å². The average molecular weight is 512 g/mol. The van der Waals surface area contributed by atoms with E-state index >= 15 is 0 Å². The molecule has 0 amide bonds. The third kappa shape index (κ3) is 4.71. The largest absolute Gasteiger partial charge is 0.461 e. The van der Waals surface area contributed by atoms with Gasteiger partial charge in [0.05, 0.1) is 18.4 Å². The van der Waals surface area contributed by atoms with E-state index in [1.807, 2.05) is 6.07 Å². The molecule has 2 heterocycles. The van der Waals surface area contributed by atoms with Crippen LogP contribution in [0.2, 0.25) is 0 Å². The summed E-state index contributed by atoms with van der Waals surface area (Å²) in [6, 6.07) is 3.44. The second kappa shape index (κ2) is 10.1. The normalized spacial score (nSPS) is 42.2. The van der Waals surface area contributed by atoms with E-state index in [0.717, 1.165) is 76.4 Å². The van der Waals surface area contributed by atoms with Crippen molar-refractivity contribution >= 4 is 5.97 Å². The van der Waals surface area contributed by atoms with Crippen LogP contribution in [0.4, 0.5) is 0 Å². The van der Waals surface area contributed by atoms with Crippen LogP contribution in [0.25, 0.3) is 0 Å². The Bertz CT molecular complexity index is 1010. The van der Waals surface area contributed by atoms with E-state index in [0.29, 0.717) is 30.2 Å². The summed E-state index contributed by atoms with van der Waals surface area (Å²) < 4.78 is 11.3. The van der Waals surface area contributed by atoms with Gasteiger partial charge < -0.3 is 14.3 Å². The summed E-state index contributed by atoms with van der Waals surface area (Å²) in [5.41, 5.74) is -0.0957. The number of hydrogen-bond acceptors (Lipinski definition) is 6. The molecule has 1 aromatic rings. The van der Waals surface area contributed by atoms with Crippen molar-refractivity contribution in [3.8, 4) is 0 Å². The monoisotopic (exact) mass is 511 g/mol. The van der Waals surface area contributed by atoms with Crippen LogP contribution in [0, 0.1) is 29.1 Å². The summed E-state index contributed by atoms with van der Waals surface area (Å²) in [4.78, 5) is 26.5. The van der Waals surface area contributed by atoms with E-state index in [9.17, 15) is 14.7 Å². The van der Waals surface area contributed by atoms with Crippen molar-refractivity contribution in [2.75, 3.05) is 19.6 Å². The molecule has 1 saturated heterocycles. The number of esters is 1. The molecular formula is C31H45NO5. The summed E-state index contributed by atoms with van der Waals surface area (Å²) >= 11 is 0. The summed E-state index contributed by atoms with van der Waals surface area (Å²) in [6.45, 7) is 4.80. The maximum absolute atomic E-state index is 12.7. The molecular weight excluding hydrogens is 466 g/mol. The number of ether oxygens (including phenoxy) is 1. The number of nitrogens with zero attached hydrogens (tertiary/aromatic N) is 1. The lowest BCUT2D eigenvalue weighted by atomic mass is 9.52. The van der Waals surface area contributed by atoms with Gasteiger partial charge in [-0.15, -0.1) is 0 Å². The van der Waals surface area contributed by atoms with Crippen molar-refractivity contribution in [2.45, 2.75) is 108 Å². The third-order valence-electron chi connectivity index (χ3n) is 11.5. The lowest BCUT2D eigenvalue weighted by molar-refractivity contribution is -0.161. The Labute approximate surface area is 221 Å². The van der Waals surface area contributed by atoms with Gasteiger partial charge in [-0.05, 0) is 131 Å². The first-order chi connectivity index (χ1) is 17.9. The van der Waals surface area contributed by atoms with Crippen LogP contribution in [0.1, 0.15) is 102 Å². The first-order valence-electron chi connectivity index (χ1n) is 15.1. The molecule has 4 saturated carbocycles. The van der Waals surface area contributed by atoms with Crippen LogP contribution in [-0.2, 0) is 9.53 Å². The summed E-state index contributed by atoms with van der Waals surface area (Å²) in [7, 11) is 0. The standard InChI is InChI=1S/C31H45NO5/c1-30-13-11-25-22-6-8-24(37-29(34)19-32-15-3-2-4-16-32)18-21(17-22)5-9-27(25)31(30,35)14-12-26(30)23-7-10-28(33)36-20-23/h7,10,20-22,24-27,35H,2-6,8-9,11-19H2,1H3/t21-,22+,24-,25?,26+,27+,30+,31-/m0/s1. The van der Waals surface area contributed by atoms with Gasteiger partial charge in [0.25, 0.3) is 0 Å². The van der Waals surface area contributed by atoms with E-state index in [4.69, 9.17) is 9.15 Å². The third-order valence-corrected chi connectivity index (χ3v) is 11.5. The highest BCUT2D eigenvalue weighted by Gasteiger charge is 2.64. The molecule has 0 spiro atoms. The molecule has 5 aliphatic rings. The topological polar surface area (TPSA) is 80.0 Å². The second-order valence-electron chi connectivity index (χ2n) is 13.3. The van der Waals surface area contributed by atoms with Gasteiger partial charge in [-0.25, -0.2) is 4.79 Å². The molecule has 5 fully saturated rings. The highest BCUT2D eigenvalue weighted by atomic mass is 16.5. The zero-order valence-corrected chi connectivity index (χ0v) is 22.5. The van der Waals surface area contributed by atoms with Crippen LogP contribution >= 0.6 is 0 Å². The lowest BCUT2D eigenvalue weighted by Gasteiger charge is -2.55. The van der Waals surface area contributed by atoms with Crippen LogP contribution in [0.15, 0.2) is 27.6 Å². The zero-order chi connectivity index (χ0) is 25.6. The van der Waals surface area contributed by atoms with E-state index in [1.54, 1.807) is 6.26 Å². The van der Waals surface area contributed by atoms with Crippen molar-refractivity contribution in [3.05, 3.63) is 34.4 Å². The SMILES string of the molecule is C[C@]12CCC3[C@@H]4CC[C@H](OC(=O)CN5CCCCC5)C[C@@H](CC[C@H]3[C@@]1(O)CC[C@@H]2c1ccc(=O)oc1)C4. The zero-order valence-electron chi connectivity index (χ0n) is 22.5. The fourth-order valence-corrected chi connectivity index (χ4v) is 9.61. The number of hydrogen-bond donors (Lipinski definition) is 1. The number of likely N-dealkylation sites (tertiary alicyclic amines) is 1. The fraction of sp³-hybridized carbons (Fsp3) is 0.806. The van der Waals surface area contributed by atoms with Crippen LogP contribution in [0.5, 0.6) is 0 Å². The van der Waals surface area contributed by atoms with E-state index in [1.165, 1.54) is 31.7 Å². The maximum Gasteiger partial charge on any atom is 0.335 e. The first-order valence-corrected chi connectivity index (χ1v) is 15.1. The number of fused-ring (bicyclic) bond motifs is 6. The summed E-state index contributed by atoms with van der Waals surface area (Å²) in [5, 5.41) is 12.4. The number of piperidine rings is 1. The molecule has 4 aliphatic carbocycles. The highest BCUT2D eigenvalue weighted by molar-refractivity contribution is 5.71. The Morgan fingerprint density at radius 2 is 1.89 bits per heavy atom. The molecule has 37 heavy (non-hydrogen) atoms. The predicted molar refractivity (Wildman–Crippen MR) is 141 cm³/mol. The minimum absolute atomic E-state index is 0.0319. The molecule has 6 heteroatoms. The first kappa shape index (κ1) is 25.6. The lowest BCUT2D eigenvalue weighted by Crippen LogP contribution is -2.56. The Kier molecular flexibility index (Phi) is 7.02. The van der Waals surface area contributed by atoms with Crippen LogP contribution < -0.4 is 5.63 Å². The van der Waals surface area contributed by atoms with E-state index in [-0.39, 0.29) is 29.0 Å². The van der Waals surface area contributed by atoms with Gasteiger partial charge in [0.1, 0.15) is 6.10 Å². The molecule has 1 unspecified atom stereocenters. The van der Waals surface area contributed by atoms with Crippen molar-refractivity contribution in [1.82, 2.24) is 4.90 Å². The Hall–Kier alpha value is -1.66. The number of carbonyl (C=O) groups excluding carboxylic acids is 1. The number of carbonyl (C=O) groups is 1. The average Bonchev–Trinajstić information content (AvgIpc) is 3.01. The molecule has 204 valence electrons. The van der Waals surface area contributed by atoms with Crippen LogP contribution in [-0.4, -0.2) is 47.3 Å². The molecule has 1 N–H and O–H groups in total. The molecule has 6 rings (SSSR count). The van der Waals surface area contributed by atoms with Gasteiger partial charge in [0.15, 0.2) is 0 Å². The quantitative estimate of drug-likeness (QED) is 0.554. The molecule has 1 aromatic heterocycles. The smallest absolute Gasteiger partial charge is 0.335 e. The van der Waals surface area contributed by atoms with Crippen molar-refractivity contribution < 1.29 is 19.1 Å². The van der Waals surface area contributed by atoms with Gasteiger partial charge >= 0.3 is 11.6 Å². The minimum atomic E-state index is -0.663. The molecule has 6 nitrogen and oxygen atoms in total. The van der Waals surface area contributed by atoms with Crippen molar-refractivity contribution in [3.63, 3.8) is 0 Å². The van der Waals surface area contributed by atoms with Crippen molar-refractivity contribution in [1.29, 1.82) is 0 Å². The molecule has 1 aliphatic heterocycles. The van der Waals surface area contributed by atoms with Gasteiger partial charge in [0, 0.05) is 11.5 Å². The molecule has 0 radical (unpaired) electrons. The molecule has 0 aromatic carbocycles. The highest BCUT2D eigenvalue weighted by Crippen LogP contribution is 2.67. The second-order valence-corrected chi connectivity index (χ2v) is 13.3. The van der Waals surface area contributed by atoms with E-state index < -0.39 is 5.60 Å². The van der Waals surface area contributed by atoms with Gasteiger partial charge in [-0.1, -0.05) is 13.3 Å².